The van der Waals surface area contributed by atoms with Gasteiger partial charge < -0.3 is 10.6 Å². The lowest BCUT2D eigenvalue weighted by atomic mass is 10.2. The Morgan fingerprint density at radius 3 is 2.43 bits per heavy atom. The molecule has 0 aliphatic rings. The normalized spacial score (nSPS) is 10.6. The summed E-state index contributed by atoms with van der Waals surface area (Å²) < 4.78 is 0. The second-order valence-electron chi connectivity index (χ2n) is 7.07. The lowest BCUT2D eigenvalue weighted by Gasteiger charge is -2.11. The van der Waals surface area contributed by atoms with Crippen LogP contribution in [-0.4, -0.2) is 17.4 Å². The van der Waals surface area contributed by atoms with Crippen LogP contribution in [-0.2, 0) is 11.5 Å². The van der Waals surface area contributed by atoms with Crippen molar-refractivity contribution in [2.45, 2.75) is 29.7 Å². The molecule has 156 valence electrons. The highest BCUT2D eigenvalue weighted by Gasteiger charge is 2.00. The van der Waals surface area contributed by atoms with E-state index in [0.29, 0.717) is 5.11 Å². The summed E-state index contributed by atoms with van der Waals surface area (Å²) in [6, 6.07) is 27.7. The van der Waals surface area contributed by atoms with Gasteiger partial charge >= 0.3 is 0 Å². The fraction of sp³-hybridized carbons (Fsp3) is 0.240. The molecular formula is C25H28N2S3. The van der Waals surface area contributed by atoms with Crippen LogP contribution in [0.5, 0.6) is 0 Å². The van der Waals surface area contributed by atoms with Gasteiger partial charge in [-0.3, -0.25) is 0 Å². The number of aryl methyl sites for hydroxylation is 1. The third-order valence-corrected chi connectivity index (χ3v) is 6.91. The lowest BCUT2D eigenvalue weighted by Crippen LogP contribution is -2.29. The summed E-state index contributed by atoms with van der Waals surface area (Å²) in [6.07, 6.45) is 1.09. The first-order valence-corrected chi connectivity index (χ1v) is 12.7. The Hall–Kier alpha value is -1.95. The number of rotatable bonds is 10. The maximum atomic E-state index is 5.42. The topological polar surface area (TPSA) is 24.1 Å². The first kappa shape index (κ1) is 22.7. The summed E-state index contributed by atoms with van der Waals surface area (Å²) in [5.74, 6) is 3.16. The maximum Gasteiger partial charge on any atom is 0.170 e. The predicted molar refractivity (Wildman–Crippen MR) is 139 cm³/mol. The minimum Gasteiger partial charge on any atom is -0.362 e. The smallest absolute Gasteiger partial charge is 0.170 e. The van der Waals surface area contributed by atoms with Crippen LogP contribution < -0.4 is 10.6 Å². The van der Waals surface area contributed by atoms with Crippen LogP contribution in [0.4, 0.5) is 5.69 Å². The van der Waals surface area contributed by atoms with Gasteiger partial charge in [-0.15, -0.1) is 11.8 Å². The fourth-order valence-corrected chi connectivity index (χ4v) is 4.91. The maximum absolute atomic E-state index is 5.42. The summed E-state index contributed by atoms with van der Waals surface area (Å²) in [5, 5.41) is 7.26. The van der Waals surface area contributed by atoms with Gasteiger partial charge in [0.25, 0.3) is 0 Å². The largest absolute Gasteiger partial charge is 0.362 e. The Morgan fingerprint density at radius 1 is 0.867 bits per heavy atom. The molecule has 2 nitrogen and oxygen atoms in total. The van der Waals surface area contributed by atoms with Gasteiger partial charge in [-0.1, -0.05) is 60.2 Å². The highest BCUT2D eigenvalue weighted by atomic mass is 32.2. The molecule has 0 aromatic heterocycles. The zero-order valence-corrected chi connectivity index (χ0v) is 19.7. The number of benzene rings is 3. The number of thiocarbonyl (C=S) groups is 1. The second-order valence-corrected chi connectivity index (χ2v) is 9.64. The molecule has 0 heterocycles. The third kappa shape index (κ3) is 8.42. The van der Waals surface area contributed by atoms with Crippen LogP contribution in [0.15, 0.2) is 83.8 Å². The van der Waals surface area contributed by atoms with Gasteiger partial charge in [0.15, 0.2) is 5.11 Å². The molecule has 0 bridgehead atoms. The molecule has 0 amide bonds. The molecule has 0 saturated carbocycles. The number of hydrogen-bond acceptors (Lipinski definition) is 3. The van der Waals surface area contributed by atoms with Gasteiger partial charge in [0.1, 0.15) is 0 Å². The Kier molecular flexibility index (Phi) is 9.61. The molecule has 0 saturated heterocycles. The van der Waals surface area contributed by atoms with E-state index in [1.807, 2.05) is 29.6 Å². The Bertz CT molecular complexity index is 911. The number of nitrogens with one attached hydrogen (secondary N) is 2. The van der Waals surface area contributed by atoms with Crippen LogP contribution in [0.2, 0.25) is 0 Å². The minimum atomic E-state index is 0.685. The molecule has 0 fully saturated rings. The van der Waals surface area contributed by atoms with Crippen LogP contribution in [0, 0.1) is 6.92 Å². The van der Waals surface area contributed by atoms with Crippen molar-refractivity contribution in [3.05, 3.63) is 95.6 Å². The standard InChI is InChI=1S/C25H28N2S3/c1-20-7-5-8-22(17-20)18-29-16-6-15-26-25(28)27-23-13-11-21(12-14-23)19-30-24-9-3-2-4-10-24/h2-5,7-14,17H,6,15-16,18-19H2,1H3,(H2,26,27,28). The summed E-state index contributed by atoms with van der Waals surface area (Å²) >= 11 is 9.24. The Labute approximate surface area is 194 Å². The zero-order valence-electron chi connectivity index (χ0n) is 17.3. The van der Waals surface area contributed by atoms with Gasteiger partial charge in [-0.2, -0.15) is 11.8 Å². The highest BCUT2D eigenvalue weighted by Crippen LogP contribution is 2.23. The van der Waals surface area contributed by atoms with Crippen molar-refractivity contribution in [1.29, 1.82) is 0 Å². The Morgan fingerprint density at radius 2 is 1.67 bits per heavy atom. The van der Waals surface area contributed by atoms with E-state index in [-0.39, 0.29) is 0 Å². The molecule has 3 rings (SSSR count). The van der Waals surface area contributed by atoms with Crippen LogP contribution in [0.25, 0.3) is 0 Å². The minimum absolute atomic E-state index is 0.685. The highest BCUT2D eigenvalue weighted by molar-refractivity contribution is 7.98. The summed E-state index contributed by atoms with van der Waals surface area (Å²) in [5.41, 5.74) is 5.05. The summed E-state index contributed by atoms with van der Waals surface area (Å²) in [7, 11) is 0. The SMILES string of the molecule is Cc1cccc(CSCCCNC(=S)Nc2ccc(CSc3ccccc3)cc2)c1. The Balaban J connectivity index is 1.29. The van der Waals surface area contributed by atoms with E-state index in [1.54, 1.807) is 0 Å². The molecule has 0 spiro atoms. The zero-order chi connectivity index (χ0) is 21.0. The van der Waals surface area contributed by atoms with Crippen molar-refractivity contribution in [3.8, 4) is 0 Å². The predicted octanol–water partition coefficient (Wildman–Crippen LogP) is 6.90. The van der Waals surface area contributed by atoms with Crippen LogP contribution >= 0.6 is 35.7 Å². The average Bonchev–Trinajstić information content (AvgIpc) is 2.76. The summed E-state index contributed by atoms with van der Waals surface area (Å²) in [4.78, 5) is 1.29. The van der Waals surface area contributed by atoms with E-state index in [0.717, 1.165) is 35.9 Å². The van der Waals surface area contributed by atoms with E-state index >= 15 is 0 Å². The van der Waals surface area contributed by atoms with Crippen molar-refractivity contribution in [2.24, 2.45) is 0 Å². The van der Waals surface area contributed by atoms with Gasteiger partial charge in [-0.25, -0.2) is 0 Å². The molecular weight excluding hydrogens is 424 g/mol. The van der Waals surface area contributed by atoms with Crippen molar-refractivity contribution in [2.75, 3.05) is 17.6 Å². The second kappa shape index (κ2) is 12.7. The molecule has 2 N–H and O–H groups in total. The van der Waals surface area contributed by atoms with Crippen molar-refractivity contribution in [1.82, 2.24) is 5.32 Å². The molecule has 0 atom stereocenters. The third-order valence-electron chi connectivity index (χ3n) is 4.46. The van der Waals surface area contributed by atoms with Crippen LogP contribution in [0.1, 0.15) is 23.1 Å². The molecule has 3 aromatic rings. The monoisotopic (exact) mass is 452 g/mol. The van der Waals surface area contributed by atoms with E-state index in [1.165, 1.54) is 21.6 Å². The fourth-order valence-electron chi connectivity index (χ4n) is 2.91. The number of hydrogen-bond donors (Lipinski definition) is 2. The summed E-state index contributed by atoms with van der Waals surface area (Å²) in [6.45, 7) is 3.03. The van der Waals surface area contributed by atoms with Crippen molar-refractivity contribution < 1.29 is 0 Å². The van der Waals surface area contributed by atoms with Gasteiger partial charge in [0.2, 0.25) is 0 Å². The van der Waals surface area contributed by atoms with Crippen LogP contribution in [0.3, 0.4) is 0 Å². The molecule has 0 radical (unpaired) electrons. The number of thioether (sulfide) groups is 2. The quantitative estimate of drug-likeness (QED) is 0.198. The molecule has 0 unspecified atom stereocenters. The van der Waals surface area contributed by atoms with Gasteiger partial charge in [0, 0.05) is 28.6 Å². The molecule has 0 aliphatic heterocycles. The molecule has 0 aliphatic carbocycles. The molecule has 30 heavy (non-hydrogen) atoms. The average molecular weight is 453 g/mol. The van der Waals surface area contributed by atoms with Gasteiger partial charge in [0.05, 0.1) is 0 Å². The van der Waals surface area contributed by atoms with E-state index in [4.69, 9.17) is 12.2 Å². The van der Waals surface area contributed by atoms with E-state index < -0.39 is 0 Å². The first-order chi connectivity index (χ1) is 14.7. The van der Waals surface area contributed by atoms with E-state index in [2.05, 4.69) is 90.4 Å². The van der Waals surface area contributed by atoms with E-state index in [9.17, 15) is 0 Å². The molecule has 3 aromatic carbocycles. The van der Waals surface area contributed by atoms with Gasteiger partial charge in [-0.05, 0) is 66.7 Å². The van der Waals surface area contributed by atoms with Crippen molar-refractivity contribution >= 4 is 46.5 Å². The molecule has 5 heteroatoms. The van der Waals surface area contributed by atoms with Crippen molar-refractivity contribution in [3.63, 3.8) is 0 Å². The first-order valence-electron chi connectivity index (χ1n) is 10.1. The lowest BCUT2D eigenvalue weighted by molar-refractivity contribution is 0.854. The number of anilines is 1.